The number of anilines is 5. The summed E-state index contributed by atoms with van der Waals surface area (Å²) in [5.74, 6) is 0. The first-order chi connectivity index (χ1) is 27.8. The number of para-hydroxylation sites is 1. The van der Waals surface area contributed by atoms with E-state index in [1.807, 2.05) is 6.08 Å². The van der Waals surface area contributed by atoms with Gasteiger partial charge in [0.1, 0.15) is 0 Å². The van der Waals surface area contributed by atoms with Crippen LogP contribution in [0.25, 0.3) is 49.0 Å². The van der Waals surface area contributed by atoms with Crippen LogP contribution in [-0.4, -0.2) is 6.54 Å². The van der Waals surface area contributed by atoms with E-state index in [-0.39, 0.29) is 5.41 Å². The van der Waals surface area contributed by atoms with Crippen molar-refractivity contribution < 1.29 is 0 Å². The molecule has 0 atom stereocenters. The fraction of sp³-hybridized carbons (Fsp3) is 0.167. The first-order valence-electron chi connectivity index (χ1n) is 20.3. The number of nitriles is 1. The van der Waals surface area contributed by atoms with Gasteiger partial charge in [-0.05, 0) is 141 Å². The summed E-state index contributed by atoms with van der Waals surface area (Å²) in [6.07, 6.45) is 7.99. The van der Waals surface area contributed by atoms with Crippen LogP contribution in [0.15, 0.2) is 163 Å². The predicted molar refractivity (Wildman–Crippen MR) is 242 cm³/mol. The van der Waals surface area contributed by atoms with Crippen molar-refractivity contribution in [3.8, 4) is 17.2 Å². The maximum absolute atomic E-state index is 9.63. The zero-order valence-corrected chi connectivity index (χ0v) is 32.9. The van der Waals surface area contributed by atoms with E-state index in [1.165, 1.54) is 77.1 Å². The molecule has 8 aromatic carbocycles. The quantitative estimate of drug-likeness (QED) is 0.159. The molecule has 0 unspecified atom stereocenters. The van der Waals surface area contributed by atoms with Crippen LogP contribution in [-0.2, 0) is 11.8 Å². The molecule has 3 heteroatoms. The van der Waals surface area contributed by atoms with E-state index in [0.717, 1.165) is 54.9 Å². The number of allylic oxidation sites excluding steroid dienone is 4. The normalized spacial score (nSPS) is 14.4. The Hall–Kier alpha value is -6.63. The molecule has 0 aromatic heterocycles. The molecule has 0 fully saturated rings. The molecule has 2 aliphatic rings. The Morgan fingerprint density at radius 3 is 2.04 bits per heavy atom. The fourth-order valence-electron chi connectivity index (χ4n) is 9.22. The molecule has 0 amide bonds. The van der Waals surface area contributed by atoms with Crippen LogP contribution in [0.2, 0.25) is 0 Å². The molecule has 0 spiro atoms. The van der Waals surface area contributed by atoms with Crippen LogP contribution in [0, 0.1) is 11.3 Å². The Labute approximate surface area is 335 Å². The summed E-state index contributed by atoms with van der Waals surface area (Å²) in [7, 11) is 0. The van der Waals surface area contributed by atoms with Gasteiger partial charge in [-0.1, -0.05) is 124 Å². The summed E-state index contributed by atoms with van der Waals surface area (Å²) in [5.41, 5.74) is 14.3. The third-order valence-corrected chi connectivity index (χ3v) is 12.2. The van der Waals surface area contributed by atoms with E-state index < -0.39 is 0 Å². The van der Waals surface area contributed by atoms with Crippen molar-refractivity contribution in [2.45, 2.75) is 51.9 Å². The topological polar surface area (TPSA) is 30.3 Å². The summed E-state index contributed by atoms with van der Waals surface area (Å²) in [6.45, 7) is 7.83. The number of benzene rings is 8. The number of nitrogens with zero attached hydrogens (tertiary/aromatic N) is 3. The van der Waals surface area contributed by atoms with Gasteiger partial charge in [-0.25, -0.2) is 0 Å². The zero-order chi connectivity index (χ0) is 38.7. The minimum atomic E-state index is 0.0343. The molecule has 0 N–H and O–H groups in total. The lowest BCUT2D eigenvalue weighted by molar-refractivity contribution is 0.590. The van der Waals surface area contributed by atoms with Crippen LogP contribution >= 0.6 is 0 Å². The number of hydrogen-bond donors (Lipinski definition) is 0. The molecule has 57 heavy (non-hydrogen) atoms. The minimum Gasteiger partial charge on any atom is -0.341 e. The highest BCUT2D eigenvalue weighted by atomic mass is 15.1. The van der Waals surface area contributed by atoms with Gasteiger partial charge in [0.2, 0.25) is 0 Å². The molecule has 276 valence electrons. The molecule has 1 heterocycles. The van der Waals surface area contributed by atoms with Gasteiger partial charge in [0, 0.05) is 45.6 Å². The first-order valence-corrected chi connectivity index (χ1v) is 20.3. The number of rotatable bonds is 6. The van der Waals surface area contributed by atoms with Crippen LogP contribution in [0.4, 0.5) is 28.4 Å². The number of hydrogen-bond acceptors (Lipinski definition) is 3. The van der Waals surface area contributed by atoms with Crippen molar-refractivity contribution in [3.05, 3.63) is 180 Å². The molecule has 1 aliphatic carbocycles. The highest BCUT2D eigenvalue weighted by Gasteiger charge is 2.24. The van der Waals surface area contributed by atoms with Crippen LogP contribution in [0.3, 0.4) is 0 Å². The summed E-state index contributed by atoms with van der Waals surface area (Å²) in [5, 5.41) is 17.3. The molecule has 10 rings (SSSR count). The minimum absolute atomic E-state index is 0.0343. The van der Waals surface area contributed by atoms with Gasteiger partial charge < -0.3 is 9.80 Å². The van der Waals surface area contributed by atoms with E-state index in [1.54, 1.807) is 0 Å². The van der Waals surface area contributed by atoms with E-state index in [0.29, 0.717) is 0 Å². The molecule has 0 saturated heterocycles. The lowest BCUT2D eigenvalue weighted by atomic mass is 9.87. The molecule has 8 aromatic rings. The Bertz CT molecular complexity index is 2920. The summed E-state index contributed by atoms with van der Waals surface area (Å²) in [4.78, 5) is 5.01. The van der Waals surface area contributed by atoms with Gasteiger partial charge in [0.25, 0.3) is 0 Å². The van der Waals surface area contributed by atoms with Gasteiger partial charge in [0.15, 0.2) is 0 Å². The molecule has 0 bridgehead atoms. The largest absolute Gasteiger partial charge is 0.341 e. The molecule has 3 nitrogen and oxygen atoms in total. The maximum Gasteiger partial charge on any atom is 0.0947 e. The number of aryl methyl sites for hydroxylation is 1. The van der Waals surface area contributed by atoms with Gasteiger partial charge in [-0.2, -0.15) is 5.26 Å². The molecular weight excluding hydrogens is 691 g/mol. The summed E-state index contributed by atoms with van der Waals surface area (Å²) >= 11 is 0. The maximum atomic E-state index is 9.63. The van der Waals surface area contributed by atoms with Gasteiger partial charge in [-0.3, -0.25) is 0 Å². The Morgan fingerprint density at radius 1 is 0.579 bits per heavy atom. The molecule has 0 saturated carbocycles. The second kappa shape index (κ2) is 13.8. The van der Waals surface area contributed by atoms with Crippen LogP contribution in [0.5, 0.6) is 0 Å². The second-order valence-corrected chi connectivity index (χ2v) is 16.7. The zero-order valence-electron chi connectivity index (χ0n) is 32.9. The van der Waals surface area contributed by atoms with Crippen molar-refractivity contribution in [2.24, 2.45) is 0 Å². The highest BCUT2D eigenvalue weighted by molar-refractivity contribution is 6.28. The first kappa shape index (κ1) is 34.8. The lowest BCUT2D eigenvalue weighted by Crippen LogP contribution is -2.24. The molecule has 1 aliphatic heterocycles. The average Bonchev–Trinajstić information content (AvgIpc) is 3.26. The van der Waals surface area contributed by atoms with Gasteiger partial charge in [-0.15, -0.1) is 0 Å². The monoisotopic (exact) mass is 735 g/mol. The Kier molecular flexibility index (Phi) is 8.45. The summed E-state index contributed by atoms with van der Waals surface area (Å²) < 4.78 is 0. The Morgan fingerprint density at radius 2 is 1.28 bits per heavy atom. The van der Waals surface area contributed by atoms with Gasteiger partial charge in [0.05, 0.1) is 11.8 Å². The smallest absolute Gasteiger partial charge is 0.0947 e. The summed E-state index contributed by atoms with van der Waals surface area (Å²) in [6, 6.07) is 56.8. The van der Waals surface area contributed by atoms with Crippen LogP contribution in [0.1, 0.15) is 56.7 Å². The molecular formula is C54H45N3. The third kappa shape index (κ3) is 6.14. The van der Waals surface area contributed by atoms with E-state index in [2.05, 4.69) is 188 Å². The second-order valence-electron chi connectivity index (χ2n) is 16.7. The highest BCUT2D eigenvalue weighted by Crippen LogP contribution is 2.48. The van der Waals surface area contributed by atoms with Crippen molar-refractivity contribution in [1.82, 2.24) is 0 Å². The van der Waals surface area contributed by atoms with E-state index >= 15 is 0 Å². The SMILES string of the molecule is CC(C)(C)c1ccc(N(c2cc(C3=CC=C(C#N)CC3)cc(-c3ccccc3)c2)c2ccc3ccc4c(N5CCCc6ccccc65)ccc5ccc2c3c54)cc1. The standard InChI is InChI=1S/C54H45N3/c1-54(2,3)44-23-25-45(26-24-44)57(46-33-42(37-10-5-4-6-11-37)32-43(34-46)38-17-15-36(35-55)16-18-38)51-30-22-41-19-27-47-50(29-21-40-20-28-48(51)53(41)52(40)47)56-31-9-13-39-12-7-8-14-49(39)56/h4-8,10-12,14-15,17,19-30,32-34H,9,13,16,18,31H2,1-3H3. The predicted octanol–water partition coefficient (Wildman–Crippen LogP) is 14.7. The third-order valence-electron chi connectivity index (χ3n) is 12.2. The number of fused-ring (bicyclic) bond motifs is 1. The molecule has 0 radical (unpaired) electrons. The van der Waals surface area contributed by atoms with Crippen molar-refractivity contribution in [1.29, 1.82) is 5.26 Å². The van der Waals surface area contributed by atoms with E-state index in [4.69, 9.17) is 0 Å². The van der Waals surface area contributed by atoms with Gasteiger partial charge >= 0.3 is 0 Å². The fourth-order valence-corrected chi connectivity index (χ4v) is 9.22. The van der Waals surface area contributed by atoms with E-state index in [9.17, 15) is 5.26 Å². The van der Waals surface area contributed by atoms with Crippen molar-refractivity contribution >= 4 is 66.3 Å². The van der Waals surface area contributed by atoms with Crippen molar-refractivity contribution in [2.75, 3.05) is 16.3 Å². The Balaban J connectivity index is 1.22. The lowest BCUT2D eigenvalue weighted by Gasteiger charge is -2.33. The average molecular weight is 736 g/mol. The van der Waals surface area contributed by atoms with Crippen molar-refractivity contribution in [3.63, 3.8) is 0 Å². The van der Waals surface area contributed by atoms with Crippen LogP contribution < -0.4 is 9.80 Å².